The zero-order valence-electron chi connectivity index (χ0n) is 29.5. The molecular weight excluding hydrogens is 690 g/mol. The molecule has 0 unspecified atom stereocenters. The Morgan fingerprint density at radius 2 is 0.826 bits per heavy atom. The maximum Gasteiger partial charge on any atom is 1.00 e. The van der Waals surface area contributed by atoms with Crippen molar-refractivity contribution in [1.29, 1.82) is 0 Å². The zero-order valence-corrected chi connectivity index (χ0v) is 35.3. The Morgan fingerprint density at radius 3 is 1.13 bits per heavy atom. The van der Waals surface area contributed by atoms with Crippen LogP contribution in [0.25, 0.3) is 0 Å². The van der Waals surface area contributed by atoms with E-state index in [2.05, 4.69) is 167 Å². The fourth-order valence-corrected chi connectivity index (χ4v) is 27.2. The summed E-state index contributed by atoms with van der Waals surface area (Å²) in [5.41, 5.74) is 1.29. The second kappa shape index (κ2) is 16.7. The summed E-state index contributed by atoms with van der Waals surface area (Å²) in [7, 11) is -2.55. The van der Waals surface area contributed by atoms with Crippen molar-refractivity contribution in [1.82, 2.24) is 4.90 Å². The van der Waals surface area contributed by atoms with Gasteiger partial charge in [-0.15, -0.1) is 0 Å². The maximum absolute atomic E-state index is 6.15. The van der Waals surface area contributed by atoms with E-state index in [1.54, 1.807) is 20.7 Å². The standard InChI is InChI=1S/C39H57NSSi4.Cu/c1-40(2)33-34-24-25-38(32-39(34)41)45(29-26-42(3,4)35-18-12-9-13-19-35,30-27-43(5,6)36-20-14-10-15-21-36)31-28-44(7,8)37-22-16-11-17-23-37;/h9-25,32,41H,26-31,33H2,1-8H3;/q;+1/p-1. The molecule has 0 heterocycles. The average molecular weight is 747 g/mol. The topological polar surface area (TPSA) is 3.24 Å². The van der Waals surface area contributed by atoms with E-state index in [0.717, 1.165) is 11.4 Å². The fourth-order valence-electron chi connectivity index (χ4n) is 6.92. The van der Waals surface area contributed by atoms with E-state index in [-0.39, 0.29) is 17.1 Å². The molecule has 0 aliphatic heterocycles. The molecule has 1 nitrogen and oxygen atoms in total. The van der Waals surface area contributed by atoms with Gasteiger partial charge in [-0.2, -0.15) is 4.90 Å². The van der Waals surface area contributed by atoms with Crippen molar-refractivity contribution in [3.05, 3.63) is 115 Å². The minimum Gasteiger partial charge on any atom is -0.779 e. The van der Waals surface area contributed by atoms with Crippen LogP contribution in [-0.4, -0.2) is 51.3 Å². The number of benzene rings is 4. The molecule has 4 rings (SSSR count). The van der Waals surface area contributed by atoms with Gasteiger partial charge in [0.1, 0.15) is 0 Å². The summed E-state index contributed by atoms with van der Waals surface area (Å²) in [5, 5.41) is 6.41. The molecule has 0 bridgehead atoms. The van der Waals surface area contributed by atoms with E-state index in [9.17, 15) is 0 Å². The number of hydrogen-bond acceptors (Lipinski definition) is 2. The molecule has 0 spiro atoms. The van der Waals surface area contributed by atoms with E-state index >= 15 is 0 Å². The van der Waals surface area contributed by atoms with Crippen LogP contribution in [0, 0.1) is 0 Å². The molecule has 0 aliphatic rings. The normalized spacial score (nSPS) is 12.6. The fraction of sp³-hybridized carbons (Fsp3) is 0.385. The first-order valence-electron chi connectivity index (χ1n) is 16.9. The van der Waals surface area contributed by atoms with Crippen molar-refractivity contribution in [2.45, 2.75) is 87.0 Å². The predicted molar refractivity (Wildman–Crippen MR) is 214 cm³/mol. The summed E-state index contributed by atoms with van der Waals surface area (Å²) in [6.45, 7) is 16.5. The van der Waals surface area contributed by atoms with E-state index < -0.39 is 32.3 Å². The van der Waals surface area contributed by atoms with Crippen molar-refractivity contribution in [2.24, 2.45) is 0 Å². The Kier molecular flexibility index (Phi) is 14.1. The van der Waals surface area contributed by atoms with Crippen molar-refractivity contribution < 1.29 is 17.1 Å². The predicted octanol–water partition coefficient (Wildman–Crippen LogP) is 8.15. The Hall–Kier alpha value is -1.55. The minimum absolute atomic E-state index is 0. The van der Waals surface area contributed by atoms with E-state index in [1.807, 2.05) is 0 Å². The first-order chi connectivity index (χ1) is 21.2. The molecule has 7 heteroatoms. The molecule has 0 aromatic heterocycles. The summed E-state index contributed by atoms with van der Waals surface area (Å²) in [6.07, 6.45) is 0. The van der Waals surface area contributed by atoms with Gasteiger partial charge in [-0.25, -0.2) is 0 Å². The Bertz CT molecular complexity index is 1360. The molecule has 0 saturated heterocycles. The third-order valence-corrected chi connectivity index (χ3v) is 27.7. The Balaban J connectivity index is 0.00000576. The molecule has 4 aromatic carbocycles. The van der Waals surface area contributed by atoms with Crippen LogP contribution in [0.1, 0.15) is 5.56 Å². The summed E-state index contributed by atoms with van der Waals surface area (Å²) in [6, 6.07) is 49.8. The average Bonchev–Trinajstić information content (AvgIpc) is 3.03. The molecule has 0 radical (unpaired) electrons. The molecule has 0 amide bonds. The maximum atomic E-state index is 6.15. The van der Waals surface area contributed by atoms with Crippen LogP contribution >= 0.6 is 0 Å². The molecule has 250 valence electrons. The zero-order chi connectivity index (χ0) is 32.7. The second-order valence-electron chi connectivity index (χ2n) is 15.6. The third kappa shape index (κ3) is 10.2. The molecule has 0 atom stereocenters. The second-order valence-corrected chi connectivity index (χ2v) is 35.2. The molecule has 0 aliphatic carbocycles. The van der Waals surface area contributed by atoms with Crippen LogP contribution < -0.4 is 20.7 Å². The van der Waals surface area contributed by atoms with Crippen LogP contribution in [0.5, 0.6) is 0 Å². The van der Waals surface area contributed by atoms with Crippen LogP contribution in [0.4, 0.5) is 0 Å². The van der Waals surface area contributed by atoms with Gasteiger partial charge in [0.15, 0.2) is 0 Å². The smallest absolute Gasteiger partial charge is 0.779 e. The van der Waals surface area contributed by atoms with Crippen LogP contribution in [-0.2, 0) is 36.2 Å². The monoisotopic (exact) mass is 745 g/mol. The molecule has 0 saturated carbocycles. The number of nitrogens with zero attached hydrogens (tertiary/aromatic N) is 1. The van der Waals surface area contributed by atoms with Gasteiger partial charge in [0.2, 0.25) is 0 Å². The first kappa shape index (κ1) is 38.9. The molecule has 4 aromatic rings. The third-order valence-electron chi connectivity index (χ3n) is 10.5. The van der Waals surface area contributed by atoms with Crippen LogP contribution in [0.15, 0.2) is 114 Å². The van der Waals surface area contributed by atoms with Gasteiger partial charge < -0.3 is 17.5 Å². The Labute approximate surface area is 301 Å². The number of rotatable bonds is 15. The minimum atomic E-state index is -1.97. The van der Waals surface area contributed by atoms with E-state index in [1.165, 1.54) is 41.8 Å². The molecule has 0 N–H and O–H groups in total. The van der Waals surface area contributed by atoms with Crippen molar-refractivity contribution in [3.63, 3.8) is 0 Å². The van der Waals surface area contributed by atoms with Crippen LogP contribution in [0.2, 0.25) is 75.5 Å². The summed E-state index contributed by atoms with van der Waals surface area (Å²) < 4.78 is 0. The quantitative estimate of drug-likeness (QED) is 0.0893. The summed E-state index contributed by atoms with van der Waals surface area (Å²) in [4.78, 5) is 3.31. The van der Waals surface area contributed by atoms with Gasteiger partial charge in [-0.1, -0.05) is 211 Å². The van der Waals surface area contributed by atoms with Gasteiger partial charge in [-0.05, 0) is 14.1 Å². The molecule has 0 fully saturated rings. The van der Waals surface area contributed by atoms with Crippen molar-refractivity contribution >= 4 is 65.7 Å². The number of hydrogen-bond donors (Lipinski definition) is 0. The summed E-state index contributed by atoms with van der Waals surface area (Å²) in [5.74, 6) is 0. The van der Waals surface area contributed by atoms with Gasteiger partial charge in [0.05, 0.1) is 32.3 Å². The Morgan fingerprint density at radius 1 is 0.478 bits per heavy atom. The van der Waals surface area contributed by atoms with Gasteiger partial charge in [0.25, 0.3) is 0 Å². The summed E-state index contributed by atoms with van der Waals surface area (Å²) >= 11 is 6.15. The van der Waals surface area contributed by atoms with Crippen molar-refractivity contribution in [2.75, 3.05) is 14.1 Å². The van der Waals surface area contributed by atoms with E-state index in [0.29, 0.717) is 0 Å². The van der Waals surface area contributed by atoms with Gasteiger partial charge in [-0.3, -0.25) is 0 Å². The van der Waals surface area contributed by atoms with Gasteiger partial charge in [0, 0.05) is 6.54 Å². The molecular formula is C39H56CuNSSi4. The SMILES string of the molecule is CN(C)Cc1ccc([Si](CC[Si](C)(C)c2ccccc2)(CC[Si](C)(C)c2ccccc2)CC[Si](C)(C)c2ccccc2)cc1[S-].[Cu+]. The largest absolute Gasteiger partial charge is 1.00 e. The van der Waals surface area contributed by atoms with Crippen molar-refractivity contribution in [3.8, 4) is 0 Å². The van der Waals surface area contributed by atoms with Gasteiger partial charge >= 0.3 is 17.1 Å². The molecule has 46 heavy (non-hydrogen) atoms. The van der Waals surface area contributed by atoms with Crippen LogP contribution in [0.3, 0.4) is 0 Å². The first-order valence-corrected chi connectivity index (χ1v) is 29.5. The van der Waals surface area contributed by atoms with E-state index in [4.69, 9.17) is 12.6 Å².